The van der Waals surface area contributed by atoms with Crippen LogP contribution in [0.15, 0.2) is 24.3 Å². The molecule has 23 heavy (non-hydrogen) atoms. The summed E-state index contributed by atoms with van der Waals surface area (Å²) in [7, 11) is 0. The molecule has 2 amide bonds. The number of carbonyl (C=O) groups excluding carboxylic acids is 2. The fourth-order valence-electron chi connectivity index (χ4n) is 1.71. The molecular weight excluding hydrogens is 313 g/mol. The minimum atomic E-state index is -4.53. The molecule has 1 unspecified atom stereocenters. The summed E-state index contributed by atoms with van der Waals surface area (Å²) < 4.78 is 37.7. The van der Waals surface area contributed by atoms with Gasteiger partial charge >= 0.3 is 18.0 Å². The molecule has 0 aromatic heterocycles. The minimum absolute atomic E-state index is 0.0193. The summed E-state index contributed by atoms with van der Waals surface area (Å²) in [6, 6.07) is 4.00. The van der Waals surface area contributed by atoms with Gasteiger partial charge < -0.3 is 15.7 Å². The summed E-state index contributed by atoms with van der Waals surface area (Å²) in [6.07, 6.45) is -4.86. The number of nitrogens with one attached hydrogen (secondary N) is 2. The van der Waals surface area contributed by atoms with Crippen molar-refractivity contribution in [1.29, 1.82) is 0 Å². The molecule has 0 heterocycles. The Bertz CT molecular complexity index is 559. The van der Waals surface area contributed by atoms with E-state index in [0.29, 0.717) is 0 Å². The van der Waals surface area contributed by atoms with Crippen molar-refractivity contribution in [1.82, 2.24) is 5.32 Å². The quantitative estimate of drug-likeness (QED) is 0.723. The molecular formula is C15H19F3N2O3. The first-order chi connectivity index (χ1) is 10.6. The van der Waals surface area contributed by atoms with E-state index in [-0.39, 0.29) is 24.6 Å². The molecule has 0 saturated heterocycles. The fraction of sp³-hybridized carbons (Fsp3) is 0.467. The van der Waals surface area contributed by atoms with E-state index in [9.17, 15) is 27.9 Å². The molecule has 5 nitrogen and oxygen atoms in total. The van der Waals surface area contributed by atoms with Gasteiger partial charge in [0, 0.05) is 12.2 Å². The van der Waals surface area contributed by atoms with Crippen molar-refractivity contribution >= 4 is 17.5 Å². The number of benzene rings is 1. The van der Waals surface area contributed by atoms with E-state index >= 15 is 0 Å². The van der Waals surface area contributed by atoms with E-state index in [1.807, 2.05) is 13.8 Å². The highest BCUT2D eigenvalue weighted by molar-refractivity contribution is 6.39. The summed E-state index contributed by atoms with van der Waals surface area (Å²) >= 11 is 0. The van der Waals surface area contributed by atoms with Crippen LogP contribution >= 0.6 is 0 Å². The van der Waals surface area contributed by atoms with Crippen molar-refractivity contribution in [2.75, 3.05) is 11.9 Å². The lowest BCUT2D eigenvalue weighted by molar-refractivity contribution is -0.137. The number of rotatable bonds is 5. The molecule has 0 spiro atoms. The number of halogens is 3. The van der Waals surface area contributed by atoms with Crippen molar-refractivity contribution in [3.8, 4) is 0 Å². The summed E-state index contributed by atoms with van der Waals surface area (Å²) in [5, 5.41) is 14.0. The van der Waals surface area contributed by atoms with Crippen LogP contribution in [0.3, 0.4) is 0 Å². The summed E-state index contributed by atoms with van der Waals surface area (Å²) in [4.78, 5) is 23.2. The maximum Gasteiger partial charge on any atom is 0.416 e. The van der Waals surface area contributed by atoms with Crippen molar-refractivity contribution in [3.05, 3.63) is 29.8 Å². The van der Waals surface area contributed by atoms with Gasteiger partial charge in [0.05, 0.1) is 11.7 Å². The lowest BCUT2D eigenvalue weighted by Gasteiger charge is -2.14. The standard InChI is InChI=1S/C15H19F3N2O3/c1-9(2)12(21)6-7-19-13(22)14(23)20-11-5-3-4-10(8-11)15(16,17)18/h3-5,8-9,12,21H,6-7H2,1-2H3,(H,19,22)(H,20,23). The van der Waals surface area contributed by atoms with E-state index in [0.717, 1.165) is 18.2 Å². The number of hydrogen-bond acceptors (Lipinski definition) is 3. The molecule has 128 valence electrons. The molecule has 1 aromatic carbocycles. The first kappa shape index (κ1) is 19.0. The Morgan fingerprint density at radius 1 is 1.22 bits per heavy atom. The molecule has 0 aliphatic carbocycles. The van der Waals surface area contributed by atoms with Crippen LogP contribution in [0.4, 0.5) is 18.9 Å². The molecule has 1 rings (SSSR count). The Morgan fingerprint density at radius 3 is 2.43 bits per heavy atom. The van der Waals surface area contributed by atoms with Crippen LogP contribution in [0.5, 0.6) is 0 Å². The maximum atomic E-state index is 12.6. The zero-order valence-corrected chi connectivity index (χ0v) is 12.8. The molecule has 0 bridgehead atoms. The number of hydrogen-bond donors (Lipinski definition) is 3. The molecule has 0 radical (unpaired) electrons. The van der Waals surface area contributed by atoms with E-state index in [1.165, 1.54) is 6.07 Å². The first-order valence-corrected chi connectivity index (χ1v) is 7.05. The first-order valence-electron chi connectivity index (χ1n) is 7.05. The topological polar surface area (TPSA) is 78.4 Å². The molecule has 3 N–H and O–H groups in total. The molecule has 0 saturated carbocycles. The Morgan fingerprint density at radius 2 is 1.87 bits per heavy atom. The van der Waals surface area contributed by atoms with Crippen LogP contribution in [-0.2, 0) is 15.8 Å². The average Bonchev–Trinajstić information content (AvgIpc) is 2.46. The van der Waals surface area contributed by atoms with Crippen molar-refractivity contribution in [2.24, 2.45) is 5.92 Å². The van der Waals surface area contributed by atoms with Crippen LogP contribution in [0.25, 0.3) is 0 Å². The zero-order valence-electron chi connectivity index (χ0n) is 12.8. The SMILES string of the molecule is CC(C)C(O)CCNC(=O)C(=O)Nc1cccc(C(F)(F)F)c1. The number of aliphatic hydroxyl groups excluding tert-OH is 1. The van der Waals surface area contributed by atoms with Gasteiger partial charge in [-0.05, 0) is 30.5 Å². The van der Waals surface area contributed by atoms with E-state index < -0.39 is 29.7 Å². The highest BCUT2D eigenvalue weighted by atomic mass is 19.4. The van der Waals surface area contributed by atoms with E-state index in [4.69, 9.17) is 0 Å². The third kappa shape index (κ3) is 6.27. The highest BCUT2D eigenvalue weighted by Crippen LogP contribution is 2.30. The number of carbonyl (C=O) groups is 2. The zero-order chi connectivity index (χ0) is 17.6. The number of alkyl halides is 3. The Kier molecular flexibility index (Phi) is 6.56. The summed E-state index contributed by atoms with van der Waals surface area (Å²) in [5.74, 6) is -2.02. The van der Waals surface area contributed by atoms with E-state index in [2.05, 4.69) is 10.6 Å². The lowest BCUT2D eigenvalue weighted by Crippen LogP contribution is -2.37. The summed E-state index contributed by atoms with van der Waals surface area (Å²) in [5.41, 5.74) is -1.04. The van der Waals surface area contributed by atoms with Gasteiger partial charge in [0.1, 0.15) is 0 Å². The van der Waals surface area contributed by atoms with Crippen molar-refractivity contribution in [3.63, 3.8) is 0 Å². The van der Waals surface area contributed by atoms with E-state index in [1.54, 1.807) is 0 Å². The van der Waals surface area contributed by atoms with Gasteiger partial charge in [-0.15, -0.1) is 0 Å². The Labute approximate surface area is 131 Å². The predicted octanol–water partition coefficient (Wildman–Crippen LogP) is 2.17. The Hall–Kier alpha value is -2.09. The lowest BCUT2D eigenvalue weighted by atomic mass is 10.0. The second-order valence-corrected chi connectivity index (χ2v) is 5.39. The van der Waals surface area contributed by atoms with Crippen LogP contribution < -0.4 is 10.6 Å². The third-order valence-electron chi connectivity index (χ3n) is 3.15. The predicted molar refractivity (Wildman–Crippen MR) is 78.5 cm³/mol. The number of anilines is 1. The van der Waals surface area contributed by atoms with Crippen LogP contribution in [0.1, 0.15) is 25.8 Å². The monoisotopic (exact) mass is 332 g/mol. The Balaban J connectivity index is 2.54. The van der Waals surface area contributed by atoms with Gasteiger partial charge in [-0.1, -0.05) is 19.9 Å². The maximum absolute atomic E-state index is 12.6. The number of aliphatic hydroxyl groups is 1. The van der Waals surface area contributed by atoms with Gasteiger partial charge in [0.15, 0.2) is 0 Å². The normalized spacial score (nSPS) is 12.8. The van der Waals surface area contributed by atoms with Crippen LogP contribution in [0, 0.1) is 5.92 Å². The van der Waals surface area contributed by atoms with Gasteiger partial charge in [-0.2, -0.15) is 13.2 Å². The smallest absolute Gasteiger partial charge is 0.393 e. The van der Waals surface area contributed by atoms with Gasteiger partial charge in [0.2, 0.25) is 0 Å². The highest BCUT2D eigenvalue weighted by Gasteiger charge is 2.30. The van der Waals surface area contributed by atoms with Crippen LogP contribution in [0.2, 0.25) is 0 Å². The second kappa shape index (κ2) is 7.96. The largest absolute Gasteiger partial charge is 0.416 e. The number of amides is 2. The third-order valence-corrected chi connectivity index (χ3v) is 3.15. The minimum Gasteiger partial charge on any atom is -0.393 e. The molecule has 1 aromatic rings. The second-order valence-electron chi connectivity index (χ2n) is 5.39. The molecule has 0 aliphatic rings. The van der Waals surface area contributed by atoms with Gasteiger partial charge in [-0.3, -0.25) is 9.59 Å². The summed E-state index contributed by atoms with van der Waals surface area (Å²) in [6.45, 7) is 3.72. The molecule has 0 fully saturated rings. The molecule has 1 atom stereocenters. The van der Waals surface area contributed by atoms with Gasteiger partial charge in [0.25, 0.3) is 0 Å². The molecule has 0 aliphatic heterocycles. The van der Waals surface area contributed by atoms with Gasteiger partial charge in [-0.25, -0.2) is 0 Å². The van der Waals surface area contributed by atoms with Crippen molar-refractivity contribution < 1.29 is 27.9 Å². The molecule has 8 heteroatoms. The fourth-order valence-corrected chi connectivity index (χ4v) is 1.71. The van der Waals surface area contributed by atoms with Crippen molar-refractivity contribution in [2.45, 2.75) is 32.5 Å². The van der Waals surface area contributed by atoms with Crippen LogP contribution in [-0.4, -0.2) is 29.6 Å². The average molecular weight is 332 g/mol.